The number of aromatic amines is 1. The predicted molar refractivity (Wildman–Crippen MR) is 109 cm³/mol. The van der Waals surface area contributed by atoms with Crippen molar-refractivity contribution < 1.29 is 14.3 Å². The molecule has 2 aromatic heterocycles. The predicted octanol–water partition coefficient (Wildman–Crippen LogP) is 3.19. The van der Waals surface area contributed by atoms with Crippen molar-refractivity contribution in [1.82, 2.24) is 20.5 Å². The minimum Gasteiger partial charge on any atom is -0.479 e. The standard InChI is InChI=1S/C19H21N7O3/c1-10(12-7-5-4-6-8-12)22-19(27)24-14-9-13-15(18(28-3)26-25-13)16(23-14)17(21)29-11(2)20/h4-10,20-21H,1-3H3,(H,25,26)(H2,22,23,24,27). The number of rotatable bonds is 5. The van der Waals surface area contributed by atoms with Gasteiger partial charge in [-0.25, -0.2) is 9.78 Å². The minimum atomic E-state index is -0.457. The zero-order chi connectivity index (χ0) is 21.0. The van der Waals surface area contributed by atoms with Gasteiger partial charge in [0, 0.05) is 13.0 Å². The van der Waals surface area contributed by atoms with Crippen molar-refractivity contribution >= 4 is 34.5 Å². The highest BCUT2D eigenvalue weighted by molar-refractivity contribution is 6.09. The maximum atomic E-state index is 12.4. The molecule has 0 aliphatic heterocycles. The quantitative estimate of drug-likeness (QED) is 0.332. The molecule has 0 aliphatic rings. The second-order valence-electron chi connectivity index (χ2n) is 6.23. The van der Waals surface area contributed by atoms with Crippen LogP contribution in [0.5, 0.6) is 5.88 Å². The first-order valence-electron chi connectivity index (χ1n) is 8.76. The fourth-order valence-electron chi connectivity index (χ4n) is 2.77. The van der Waals surface area contributed by atoms with E-state index in [9.17, 15) is 4.79 Å². The normalized spacial score (nSPS) is 11.6. The fraction of sp³-hybridized carbons (Fsp3) is 0.211. The number of urea groups is 1. The Balaban J connectivity index is 1.86. The van der Waals surface area contributed by atoms with Crippen LogP contribution in [0.25, 0.3) is 10.9 Å². The van der Waals surface area contributed by atoms with Crippen molar-refractivity contribution in [3.05, 3.63) is 47.7 Å². The van der Waals surface area contributed by atoms with Crippen LogP contribution >= 0.6 is 0 Å². The second-order valence-corrected chi connectivity index (χ2v) is 6.23. The Morgan fingerprint density at radius 2 is 1.97 bits per heavy atom. The van der Waals surface area contributed by atoms with E-state index in [1.54, 1.807) is 6.07 Å². The topological polar surface area (TPSA) is 149 Å². The zero-order valence-corrected chi connectivity index (χ0v) is 16.2. The number of fused-ring (bicyclic) bond motifs is 1. The molecule has 10 heteroatoms. The van der Waals surface area contributed by atoms with Gasteiger partial charge < -0.3 is 14.8 Å². The average Bonchev–Trinajstić information content (AvgIpc) is 3.10. The number of carbonyl (C=O) groups is 1. The molecule has 2 heterocycles. The van der Waals surface area contributed by atoms with Gasteiger partial charge in [-0.2, -0.15) is 0 Å². The van der Waals surface area contributed by atoms with Crippen LogP contribution in [-0.2, 0) is 4.74 Å². The third kappa shape index (κ3) is 4.49. The molecule has 0 fully saturated rings. The largest absolute Gasteiger partial charge is 0.479 e. The first kappa shape index (κ1) is 19.8. The number of amides is 2. The molecule has 2 amide bonds. The molecule has 150 valence electrons. The number of ether oxygens (including phenoxy) is 2. The lowest BCUT2D eigenvalue weighted by atomic mass is 10.1. The van der Waals surface area contributed by atoms with Crippen LogP contribution in [0.4, 0.5) is 10.6 Å². The lowest BCUT2D eigenvalue weighted by Crippen LogP contribution is -2.31. The summed E-state index contributed by atoms with van der Waals surface area (Å²) in [6.07, 6.45) is 0. The third-order valence-electron chi connectivity index (χ3n) is 4.06. The van der Waals surface area contributed by atoms with Crippen LogP contribution in [-0.4, -0.2) is 40.1 Å². The van der Waals surface area contributed by atoms with Gasteiger partial charge in [-0.1, -0.05) is 30.3 Å². The number of carbonyl (C=O) groups excluding carboxylic acids is 1. The van der Waals surface area contributed by atoms with Crippen molar-refractivity contribution in [2.45, 2.75) is 19.9 Å². The number of aromatic nitrogens is 3. The molecule has 0 spiro atoms. The lowest BCUT2D eigenvalue weighted by molar-refractivity contribution is 0.249. The Morgan fingerprint density at radius 3 is 2.62 bits per heavy atom. The number of methoxy groups -OCH3 is 1. The molecule has 0 bridgehead atoms. The van der Waals surface area contributed by atoms with Crippen molar-refractivity contribution in [1.29, 1.82) is 10.8 Å². The van der Waals surface area contributed by atoms with Crippen molar-refractivity contribution in [2.24, 2.45) is 0 Å². The number of nitrogens with zero attached hydrogens (tertiary/aromatic N) is 2. The molecule has 3 rings (SSSR count). The Morgan fingerprint density at radius 1 is 1.24 bits per heavy atom. The summed E-state index contributed by atoms with van der Waals surface area (Å²) in [6.45, 7) is 3.27. The molecule has 29 heavy (non-hydrogen) atoms. The summed E-state index contributed by atoms with van der Waals surface area (Å²) >= 11 is 0. The van der Waals surface area contributed by atoms with Gasteiger partial charge in [-0.15, -0.1) is 5.10 Å². The average molecular weight is 395 g/mol. The molecule has 10 nitrogen and oxygen atoms in total. The maximum absolute atomic E-state index is 12.4. The van der Waals surface area contributed by atoms with Gasteiger partial charge in [-0.3, -0.25) is 21.2 Å². The Labute approximate surface area is 166 Å². The van der Waals surface area contributed by atoms with Gasteiger partial charge in [0.1, 0.15) is 11.5 Å². The minimum absolute atomic E-state index is 0.0890. The molecule has 3 aromatic rings. The summed E-state index contributed by atoms with van der Waals surface area (Å²) < 4.78 is 10.3. The molecular formula is C19H21N7O3. The van der Waals surface area contributed by atoms with Crippen LogP contribution in [0.15, 0.2) is 36.4 Å². The van der Waals surface area contributed by atoms with Gasteiger partial charge in [0.15, 0.2) is 5.90 Å². The highest BCUT2D eigenvalue weighted by Gasteiger charge is 2.20. The molecule has 0 saturated carbocycles. The van der Waals surface area contributed by atoms with Gasteiger partial charge in [-0.05, 0) is 12.5 Å². The van der Waals surface area contributed by atoms with E-state index < -0.39 is 6.03 Å². The number of anilines is 1. The van der Waals surface area contributed by atoms with E-state index in [1.165, 1.54) is 14.0 Å². The smallest absolute Gasteiger partial charge is 0.320 e. The highest BCUT2D eigenvalue weighted by atomic mass is 16.5. The lowest BCUT2D eigenvalue weighted by Gasteiger charge is -2.15. The Kier molecular flexibility index (Phi) is 5.72. The first-order valence-corrected chi connectivity index (χ1v) is 8.76. The van der Waals surface area contributed by atoms with E-state index in [-0.39, 0.29) is 35.2 Å². The van der Waals surface area contributed by atoms with Crippen LogP contribution in [0.1, 0.15) is 31.1 Å². The molecule has 1 aromatic carbocycles. The summed E-state index contributed by atoms with van der Waals surface area (Å²) in [5.74, 6) is -0.108. The Bertz CT molecular complexity index is 1060. The molecule has 1 unspecified atom stereocenters. The number of nitrogens with one attached hydrogen (secondary N) is 5. The van der Waals surface area contributed by atoms with Crippen LogP contribution < -0.4 is 15.4 Å². The van der Waals surface area contributed by atoms with Crippen molar-refractivity contribution in [3.8, 4) is 5.88 Å². The fourth-order valence-corrected chi connectivity index (χ4v) is 2.77. The van der Waals surface area contributed by atoms with E-state index >= 15 is 0 Å². The van der Waals surface area contributed by atoms with Crippen LogP contribution in [0.3, 0.4) is 0 Å². The molecular weight excluding hydrogens is 374 g/mol. The number of hydrogen-bond donors (Lipinski definition) is 5. The van der Waals surface area contributed by atoms with Crippen molar-refractivity contribution in [2.75, 3.05) is 12.4 Å². The van der Waals surface area contributed by atoms with Gasteiger partial charge in [0.2, 0.25) is 11.8 Å². The summed E-state index contributed by atoms with van der Waals surface area (Å²) in [6, 6.07) is 10.4. The molecule has 1 atom stereocenters. The van der Waals surface area contributed by atoms with E-state index in [1.807, 2.05) is 37.3 Å². The molecule has 0 aliphatic carbocycles. The second kappa shape index (κ2) is 8.38. The summed E-state index contributed by atoms with van der Waals surface area (Å²) in [7, 11) is 1.44. The summed E-state index contributed by atoms with van der Waals surface area (Å²) in [5, 5.41) is 28.3. The SMILES string of the molecule is COc1n[nH]c2cc(NC(=O)NC(C)c3ccccc3)nc(C(=N)OC(C)=N)c12. The monoisotopic (exact) mass is 395 g/mol. The number of benzene rings is 1. The highest BCUT2D eigenvalue weighted by Crippen LogP contribution is 2.28. The maximum Gasteiger partial charge on any atom is 0.320 e. The zero-order valence-electron chi connectivity index (χ0n) is 16.2. The Hall–Kier alpha value is -3.95. The molecule has 0 radical (unpaired) electrons. The summed E-state index contributed by atoms with van der Waals surface area (Å²) in [4.78, 5) is 16.7. The van der Waals surface area contributed by atoms with Crippen molar-refractivity contribution in [3.63, 3.8) is 0 Å². The van der Waals surface area contributed by atoms with E-state index in [4.69, 9.17) is 20.3 Å². The van der Waals surface area contributed by atoms with Crippen LogP contribution in [0.2, 0.25) is 0 Å². The molecule has 5 N–H and O–H groups in total. The number of hydrogen-bond acceptors (Lipinski definition) is 7. The van der Waals surface area contributed by atoms with Gasteiger partial charge in [0.25, 0.3) is 0 Å². The van der Waals surface area contributed by atoms with E-state index in [2.05, 4.69) is 25.8 Å². The number of pyridine rings is 1. The molecule has 0 saturated heterocycles. The van der Waals surface area contributed by atoms with Gasteiger partial charge >= 0.3 is 6.03 Å². The van der Waals surface area contributed by atoms with Crippen LogP contribution in [0, 0.1) is 10.8 Å². The first-order chi connectivity index (χ1) is 13.9. The van der Waals surface area contributed by atoms with E-state index in [0.717, 1.165) is 5.56 Å². The third-order valence-corrected chi connectivity index (χ3v) is 4.06. The number of H-pyrrole nitrogens is 1. The van der Waals surface area contributed by atoms with Gasteiger partial charge in [0.05, 0.1) is 24.1 Å². The van der Waals surface area contributed by atoms with E-state index in [0.29, 0.717) is 10.9 Å². The summed E-state index contributed by atoms with van der Waals surface area (Å²) in [5.41, 5.74) is 1.54.